The Morgan fingerprint density at radius 3 is 2.44 bits per heavy atom. The molecule has 3 aromatic heterocycles. The molecule has 0 radical (unpaired) electrons. The van der Waals surface area contributed by atoms with Crippen LogP contribution in [-0.4, -0.2) is 60.8 Å². The van der Waals surface area contributed by atoms with E-state index in [1.54, 1.807) is 41.2 Å². The van der Waals surface area contributed by atoms with Crippen LogP contribution in [0.25, 0.3) is 16.8 Å². The minimum absolute atomic E-state index is 0.0354. The third kappa shape index (κ3) is 8.77. The molecule has 0 bridgehead atoms. The molecule has 3 atom stereocenters. The maximum absolute atomic E-state index is 14.4. The van der Waals surface area contributed by atoms with Gasteiger partial charge in [-0.15, -0.1) is 0 Å². The summed E-state index contributed by atoms with van der Waals surface area (Å²) in [5.74, 6) is -0.580. The van der Waals surface area contributed by atoms with Crippen LogP contribution < -0.4 is 19.5 Å². The Morgan fingerprint density at radius 1 is 0.905 bits per heavy atom. The molecular formula is C49H41Cl2N5O7. The van der Waals surface area contributed by atoms with Crippen LogP contribution in [0.1, 0.15) is 55.7 Å². The molecule has 4 aromatic carbocycles. The number of fused-ring (bicyclic) bond motifs is 3. The molecule has 9 rings (SSSR count). The number of carbonyl (C=O) groups excluding carboxylic acids is 2. The van der Waals surface area contributed by atoms with Crippen molar-refractivity contribution in [3.63, 3.8) is 0 Å². The zero-order valence-electron chi connectivity index (χ0n) is 34.3. The van der Waals surface area contributed by atoms with Crippen molar-refractivity contribution in [3.8, 4) is 28.4 Å². The van der Waals surface area contributed by atoms with E-state index in [1.807, 2.05) is 98.8 Å². The lowest BCUT2D eigenvalue weighted by atomic mass is 9.91. The van der Waals surface area contributed by atoms with Crippen LogP contribution in [0, 0.1) is 13.8 Å². The molecule has 1 unspecified atom stereocenters. The molecule has 2 N–H and O–H groups in total. The second-order valence-corrected chi connectivity index (χ2v) is 16.5. The van der Waals surface area contributed by atoms with Crippen molar-refractivity contribution in [1.29, 1.82) is 0 Å². The second kappa shape index (κ2) is 17.5. The van der Waals surface area contributed by atoms with E-state index in [4.69, 9.17) is 37.4 Å². The molecule has 0 saturated heterocycles. The predicted octanol–water partition coefficient (Wildman–Crippen LogP) is 8.79. The van der Waals surface area contributed by atoms with Crippen molar-refractivity contribution >= 4 is 46.6 Å². The first-order valence-corrected chi connectivity index (χ1v) is 21.1. The smallest absolute Gasteiger partial charge is 0.326 e. The average Bonchev–Trinajstić information content (AvgIpc) is 3.74. The molecule has 0 spiro atoms. The van der Waals surface area contributed by atoms with E-state index in [2.05, 4.69) is 15.3 Å². The summed E-state index contributed by atoms with van der Waals surface area (Å²) in [5.41, 5.74) is 8.77. The number of aromatic nitrogens is 3. The molecule has 5 heterocycles. The summed E-state index contributed by atoms with van der Waals surface area (Å²) >= 11 is 12.2. The highest BCUT2D eigenvalue weighted by Gasteiger charge is 2.39. The van der Waals surface area contributed by atoms with Gasteiger partial charge in [0.15, 0.2) is 17.6 Å². The van der Waals surface area contributed by atoms with Gasteiger partial charge in [-0.05, 0) is 113 Å². The fourth-order valence-electron chi connectivity index (χ4n) is 8.00. The highest BCUT2D eigenvalue weighted by molar-refractivity contribution is 6.42. The lowest BCUT2D eigenvalue weighted by Crippen LogP contribution is -2.56. The number of amides is 2. The monoisotopic (exact) mass is 881 g/mol. The van der Waals surface area contributed by atoms with Gasteiger partial charge in [-0.25, -0.2) is 9.78 Å². The van der Waals surface area contributed by atoms with Crippen molar-refractivity contribution in [1.82, 2.24) is 24.6 Å². The summed E-state index contributed by atoms with van der Waals surface area (Å²) < 4.78 is 20.4. The maximum atomic E-state index is 14.4. The lowest BCUT2D eigenvalue weighted by Gasteiger charge is -2.37. The number of hydrogen-bond acceptors (Lipinski definition) is 8. The Morgan fingerprint density at radius 2 is 1.68 bits per heavy atom. The zero-order valence-corrected chi connectivity index (χ0v) is 35.8. The normalized spacial score (nSPS) is 16.0. The van der Waals surface area contributed by atoms with E-state index < -0.39 is 36.0 Å². The number of aliphatic carboxylic acids is 1. The summed E-state index contributed by atoms with van der Waals surface area (Å²) in [4.78, 5) is 51.7. The van der Waals surface area contributed by atoms with E-state index in [9.17, 15) is 19.5 Å². The maximum Gasteiger partial charge on any atom is 0.326 e. The topological polar surface area (TPSA) is 145 Å². The van der Waals surface area contributed by atoms with Gasteiger partial charge in [-0.3, -0.25) is 14.6 Å². The standard InChI is InChI=1S/C49H41Cl2N5O7/c1-28-29(2)52-17-16-37(28)32-9-6-30(7-10-32)20-40(49(59)60)54-47(57)42-21-34-22-43-44(23-35(34)24-56(42)48(58)41-25-55-18-4-3-5-46(55)53-41)63-45(27-62-43)33-11-13-36(14-12-33)61-26-31-8-15-38(50)39(51)19-31/h3-19,22-23,25,40,42,45H,20-21,24,26-27H2,1-2H3,(H,54,57)(H,59,60)/t40?,42-,45+/m0/s1. The van der Waals surface area contributed by atoms with Crippen molar-refractivity contribution in [3.05, 3.63) is 177 Å². The number of carboxylic acids is 1. The molecule has 0 aliphatic carbocycles. The number of aryl methyl sites for hydroxylation is 1. The number of benzene rings is 4. The van der Waals surface area contributed by atoms with Gasteiger partial charge in [0.05, 0.1) is 10.0 Å². The zero-order chi connectivity index (χ0) is 43.8. The summed E-state index contributed by atoms with van der Waals surface area (Å²) in [6, 6.07) is 29.3. The quantitative estimate of drug-likeness (QED) is 0.130. The van der Waals surface area contributed by atoms with E-state index in [0.29, 0.717) is 39.5 Å². The Labute approximate surface area is 373 Å². The van der Waals surface area contributed by atoms with Gasteiger partial charge in [-0.1, -0.05) is 71.7 Å². The predicted molar refractivity (Wildman–Crippen MR) is 238 cm³/mol. The third-order valence-corrected chi connectivity index (χ3v) is 12.4. The Balaban J connectivity index is 0.935. The first kappa shape index (κ1) is 41.5. The molecular weight excluding hydrogens is 841 g/mol. The minimum atomic E-state index is -1.26. The molecule has 2 aliphatic heterocycles. The Bertz CT molecular complexity index is 2850. The number of imidazole rings is 1. The number of nitrogens with one attached hydrogen (secondary N) is 1. The van der Waals surface area contributed by atoms with Gasteiger partial charge >= 0.3 is 5.97 Å². The first-order valence-electron chi connectivity index (χ1n) is 20.4. The van der Waals surface area contributed by atoms with Gasteiger partial charge in [0.2, 0.25) is 5.91 Å². The fraction of sp³-hybridized carbons (Fsp3) is 0.204. The van der Waals surface area contributed by atoms with Crippen LogP contribution in [-0.2, 0) is 35.6 Å². The molecule has 7 aromatic rings. The average molecular weight is 883 g/mol. The summed E-state index contributed by atoms with van der Waals surface area (Å²) in [5, 5.41) is 14.1. The lowest BCUT2D eigenvalue weighted by molar-refractivity contribution is -0.142. The van der Waals surface area contributed by atoms with Crippen molar-refractivity contribution < 1.29 is 33.7 Å². The van der Waals surface area contributed by atoms with Crippen LogP contribution in [0.5, 0.6) is 17.2 Å². The number of halogens is 2. The summed E-state index contributed by atoms with van der Waals surface area (Å²) in [6.07, 6.45) is 4.89. The van der Waals surface area contributed by atoms with Gasteiger partial charge in [0, 0.05) is 43.7 Å². The van der Waals surface area contributed by atoms with Gasteiger partial charge in [0.1, 0.15) is 42.4 Å². The van der Waals surface area contributed by atoms with Crippen molar-refractivity contribution in [2.45, 2.75) is 58.0 Å². The number of pyridine rings is 2. The number of carbonyl (C=O) groups is 3. The molecule has 14 heteroatoms. The van der Waals surface area contributed by atoms with E-state index in [0.717, 1.165) is 50.2 Å². The molecule has 2 amide bonds. The summed E-state index contributed by atoms with van der Waals surface area (Å²) in [6.45, 7) is 4.57. The molecule has 0 fully saturated rings. The molecule has 318 valence electrons. The SMILES string of the molecule is Cc1nccc(-c2ccc(CC(NC(=O)[C@@H]3Cc4cc5c(cc4CN3C(=O)c3cn4ccccc4n3)O[C@@H](c3ccc(OCc4ccc(Cl)c(Cl)c4)cc3)CO5)C(=O)O)cc2)c1C. The summed E-state index contributed by atoms with van der Waals surface area (Å²) in [7, 11) is 0. The van der Waals surface area contributed by atoms with Crippen LogP contribution in [0.4, 0.5) is 0 Å². The Kier molecular flexibility index (Phi) is 11.5. The van der Waals surface area contributed by atoms with Crippen LogP contribution in [0.15, 0.2) is 122 Å². The third-order valence-electron chi connectivity index (χ3n) is 11.6. The molecule has 12 nitrogen and oxygen atoms in total. The first-order chi connectivity index (χ1) is 30.5. The van der Waals surface area contributed by atoms with E-state index in [-0.39, 0.29) is 31.7 Å². The van der Waals surface area contributed by atoms with Crippen LogP contribution >= 0.6 is 23.2 Å². The number of rotatable bonds is 11. The highest BCUT2D eigenvalue weighted by atomic mass is 35.5. The van der Waals surface area contributed by atoms with Crippen LogP contribution in [0.3, 0.4) is 0 Å². The highest BCUT2D eigenvalue weighted by Crippen LogP contribution is 2.41. The number of carboxylic acid groups (broad SMARTS) is 1. The van der Waals surface area contributed by atoms with Crippen molar-refractivity contribution in [2.24, 2.45) is 0 Å². The van der Waals surface area contributed by atoms with Crippen molar-refractivity contribution in [2.75, 3.05) is 6.61 Å². The minimum Gasteiger partial charge on any atom is -0.489 e. The van der Waals surface area contributed by atoms with Gasteiger partial charge < -0.3 is 33.9 Å². The van der Waals surface area contributed by atoms with E-state index in [1.165, 1.54) is 4.90 Å². The molecule has 0 saturated carbocycles. The number of hydrogen-bond donors (Lipinski definition) is 2. The molecule has 63 heavy (non-hydrogen) atoms. The number of ether oxygens (including phenoxy) is 3. The molecule has 2 aliphatic rings. The van der Waals surface area contributed by atoms with Gasteiger partial charge in [-0.2, -0.15) is 0 Å². The number of nitrogens with zero attached hydrogens (tertiary/aromatic N) is 4. The Hall–Kier alpha value is -6.89. The van der Waals surface area contributed by atoms with Gasteiger partial charge in [0.25, 0.3) is 5.91 Å². The largest absolute Gasteiger partial charge is 0.489 e. The second-order valence-electron chi connectivity index (χ2n) is 15.7. The van der Waals surface area contributed by atoms with E-state index >= 15 is 0 Å². The fourth-order valence-corrected chi connectivity index (χ4v) is 8.32. The van der Waals surface area contributed by atoms with Crippen LogP contribution in [0.2, 0.25) is 10.0 Å².